The third-order valence-electron chi connectivity index (χ3n) is 4.89. The number of aromatic nitrogens is 2. The summed E-state index contributed by atoms with van der Waals surface area (Å²) in [6.45, 7) is 1.93. The molecule has 0 saturated carbocycles. The first-order chi connectivity index (χ1) is 11.7. The summed E-state index contributed by atoms with van der Waals surface area (Å²) >= 11 is 0. The molecule has 0 aromatic carbocycles. The molecule has 0 aliphatic carbocycles. The van der Waals surface area contributed by atoms with Gasteiger partial charge in [0.05, 0.1) is 30.3 Å². The Morgan fingerprint density at radius 1 is 1.17 bits per heavy atom. The van der Waals surface area contributed by atoms with Crippen molar-refractivity contribution < 1.29 is 14.0 Å². The first-order valence-electron chi connectivity index (χ1n) is 8.14. The van der Waals surface area contributed by atoms with Gasteiger partial charge in [0, 0.05) is 19.6 Å². The van der Waals surface area contributed by atoms with Gasteiger partial charge in [-0.2, -0.15) is 10.2 Å². The molecule has 2 saturated heterocycles. The second-order valence-corrected chi connectivity index (χ2v) is 6.29. The number of hydrogen-bond acceptors (Lipinski definition) is 5. The molecule has 0 bridgehead atoms. The zero-order valence-corrected chi connectivity index (χ0v) is 13.2. The number of carbonyl (C=O) groups excluding carboxylic acids is 2. The lowest BCUT2D eigenvalue weighted by atomic mass is 9.91. The van der Waals surface area contributed by atoms with E-state index in [1.54, 1.807) is 23.1 Å². The van der Waals surface area contributed by atoms with Gasteiger partial charge in [-0.1, -0.05) is 0 Å². The average Bonchev–Trinajstić information content (AvgIpc) is 3.30. The van der Waals surface area contributed by atoms with Crippen LogP contribution in [0.3, 0.4) is 0 Å². The number of furan rings is 1. The summed E-state index contributed by atoms with van der Waals surface area (Å²) < 4.78 is 5.22. The minimum absolute atomic E-state index is 0.0353. The molecule has 2 aromatic rings. The molecule has 4 rings (SSSR count). The quantitative estimate of drug-likeness (QED) is 0.834. The van der Waals surface area contributed by atoms with Crippen molar-refractivity contribution in [3.63, 3.8) is 0 Å². The van der Waals surface area contributed by atoms with Crippen LogP contribution < -0.4 is 0 Å². The van der Waals surface area contributed by atoms with E-state index in [1.807, 2.05) is 4.90 Å². The zero-order chi connectivity index (χ0) is 16.5. The van der Waals surface area contributed by atoms with Crippen LogP contribution in [0.4, 0.5) is 0 Å². The first kappa shape index (κ1) is 14.9. The average molecular weight is 326 g/mol. The lowest BCUT2D eigenvalue weighted by molar-refractivity contribution is 0.0562. The summed E-state index contributed by atoms with van der Waals surface area (Å²) in [5.74, 6) is 0.528. The smallest absolute Gasteiger partial charge is 0.289 e. The van der Waals surface area contributed by atoms with Gasteiger partial charge in [0.25, 0.3) is 11.8 Å². The Bertz CT molecular complexity index is 732. The van der Waals surface area contributed by atoms with Crippen molar-refractivity contribution in [2.75, 3.05) is 19.6 Å². The summed E-state index contributed by atoms with van der Waals surface area (Å²) in [6.07, 6.45) is 6.50. The Hall–Kier alpha value is -2.70. The van der Waals surface area contributed by atoms with Gasteiger partial charge in [-0.3, -0.25) is 9.59 Å². The van der Waals surface area contributed by atoms with Crippen LogP contribution in [0.1, 0.15) is 33.8 Å². The van der Waals surface area contributed by atoms with E-state index in [9.17, 15) is 9.59 Å². The van der Waals surface area contributed by atoms with Crippen LogP contribution in [0.25, 0.3) is 0 Å². The van der Waals surface area contributed by atoms with Crippen LogP contribution in [-0.4, -0.2) is 57.5 Å². The predicted molar refractivity (Wildman–Crippen MR) is 84.2 cm³/mol. The number of fused-ring (bicyclic) bond motifs is 1. The van der Waals surface area contributed by atoms with E-state index in [2.05, 4.69) is 10.2 Å². The SMILES string of the molecule is O=C(c1ccco1)N1C[C@H]2CCCN(C(=O)c3ccnnc3)[C@H]2C1. The Labute approximate surface area is 139 Å². The second kappa shape index (κ2) is 6.07. The number of hydrogen-bond donors (Lipinski definition) is 0. The van der Waals surface area contributed by atoms with Crippen molar-refractivity contribution in [2.45, 2.75) is 18.9 Å². The molecule has 2 amide bonds. The van der Waals surface area contributed by atoms with Crippen molar-refractivity contribution >= 4 is 11.8 Å². The first-order valence-corrected chi connectivity index (χ1v) is 8.14. The highest BCUT2D eigenvalue weighted by Crippen LogP contribution is 2.32. The fraction of sp³-hybridized carbons (Fsp3) is 0.412. The molecular formula is C17H18N4O3. The predicted octanol–water partition coefficient (Wildman–Crippen LogP) is 1.45. The standard InChI is InChI=1S/C17H18N4O3/c22-16(12-5-6-18-19-9-12)21-7-1-3-13-10-20(11-14(13)21)17(23)15-4-2-8-24-15/h2,4-6,8-9,13-14H,1,3,7,10-11H2/t13-,14+/m1/s1. The van der Waals surface area contributed by atoms with E-state index in [4.69, 9.17) is 4.42 Å². The van der Waals surface area contributed by atoms with Crippen molar-refractivity contribution in [1.82, 2.24) is 20.0 Å². The maximum absolute atomic E-state index is 12.8. The molecule has 2 fully saturated rings. The van der Waals surface area contributed by atoms with Gasteiger partial charge in [-0.15, -0.1) is 0 Å². The molecule has 0 radical (unpaired) electrons. The molecule has 124 valence electrons. The molecule has 24 heavy (non-hydrogen) atoms. The van der Waals surface area contributed by atoms with E-state index in [1.165, 1.54) is 18.7 Å². The molecule has 2 atom stereocenters. The number of piperidine rings is 1. The van der Waals surface area contributed by atoms with E-state index >= 15 is 0 Å². The van der Waals surface area contributed by atoms with E-state index in [0.29, 0.717) is 36.9 Å². The third kappa shape index (κ3) is 2.55. The normalized spacial score (nSPS) is 23.2. The van der Waals surface area contributed by atoms with Crippen LogP contribution in [0.5, 0.6) is 0 Å². The van der Waals surface area contributed by atoms with Gasteiger partial charge in [0.1, 0.15) is 0 Å². The number of rotatable bonds is 2. The van der Waals surface area contributed by atoms with Crippen LogP contribution in [0, 0.1) is 5.92 Å². The Morgan fingerprint density at radius 2 is 2.08 bits per heavy atom. The van der Waals surface area contributed by atoms with Gasteiger partial charge < -0.3 is 14.2 Å². The lowest BCUT2D eigenvalue weighted by Crippen LogP contribution is -2.48. The molecule has 0 spiro atoms. The van der Waals surface area contributed by atoms with Gasteiger partial charge in [0.2, 0.25) is 0 Å². The molecule has 2 aliphatic rings. The number of nitrogens with zero attached hydrogens (tertiary/aromatic N) is 4. The van der Waals surface area contributed by atoms with Crippen molar-refractivity contribution in [2.24, 2.45) is 5.92 Å². The van der Waals surface area contributed by atoms with E-state index in [0.717, 1.165) is 12.8 Å². The molecule has 0 N–H and O–H groups in total. The van der Waals surface area contributed by atoms with E-state index < -0.39 is 0 Å². The number of amides is 2. The monoisotopic (exact) mass is 326 g/mol. The van der Waals surface area contributed by atoms with E-state index in [-0.39, 0.29) is 17.9 Å². The molecular weight excluding hydrogens is 308 g/mol. The fourth-order valence-electron chi connectivity index (χ4n) is 3.74. The molecule has 7 heteroatoms. The highest BCUT2D eigenvalue weighted by molar-refractivity contribution is 5.94. The lowest BCUT2D eigenvalue weighted by Gasteiger charge is -2.36. The Morgan fingerprint density at radius 3 is 2.83 bits per heavy atom. The third-order valence-corrected chi connectivity index (χ3v) is 4.89. The topological polar surface area (TPSA) is 79.5 Å². The second-order valence-electron chi connectivity index (χ2n) is 6.29. The van der Waals surface area contributed by atoms with Crippen LogP contribution in [0.2, 0.25) is 0 Å². The van der Waals surface area contributed by atoms with Crippen molar-refractivity contribution in [3.05, 3.63) is 48.2 Å². The summed E-state index contributed by atoms with van der Waals surface area (Å²) in [5.41, 5.74) is 0.543. The molecule has 4 heterocycles. The molecule has 2 aliphatic heterocycles. The van der Waals surface area contributed by atoms with Gasteiger partial charge in [-0.25, -0.2) is 0 Å². The largest absolute Gasteiger partial charge is 0.459 e. The van der Waals surface area contributed by atoms with Gasteiger partial charge in [0.15, 0.2) is 5.76 Å². The molecule has 7 nitrogen and oxygen atoms in total. The zero-order valence-electron chi connectivity index (χ0n) is 13.2. The van der Waals surface area contributed by atoms with Crippen LogP contribution >= 0.6 is 0 Å². The number of likely N-dealkylation sites (tertiary alicyclic amines) is 2. The summed E-state index contributed by atoms with van der Waals surface area (Å²) in [7, 11) is 0. The maximum atomic E-state index is 12.8. The summed E-state index contributed by atoms with van der Waals surface area (Å²) in [4.78, 5) is 29.0. The maximum Gasteiger partial charge on any atom is 0.289 e. The molecule has 0 unspecified atom stereocenters. The van der Waals surface area contributed by atoms with Crippen molar-refractivity contribution in [3.8, 4) is 0 Å². The highest BCUT2D eigenvalue weighted by atomic mass is 16.3. The minimum Gasteiger partial charge on any atom is -0.459 e. The number of carbonyl (C=O) groups is 2. The summed E-state index contributed by atoms with van der Waals surface area (Å²) in [6, 6.07) is 5.12. The van der Waals surface area contributed by atoms with Gasteiger partial charge in [-0.05, 0) is 37.0 Å². The van der Waals surface area contributed by atoms with Crippen molar-refractivity contribution in [1.29, 1.82) is 0 Å². The highest BCUT2D eigenvalue weighted by Gasteiger charge is 2.43. The Kier molecular flexibility index (Phi) is 3.76. The van der Waals surface area contributed by atoms with Crippen LogP contribution in [0.15, 0.2) is 41.3 Å². The fourth-order valence-corrected chi connectivity index (χ4v) is 3.74. The molecule has 2 aromatic heterocycles. The van der Waals surface area contributed by atoms with Gasteiger partial charge >= 0.3 is 0 Å². The minimum atomic E-state index is -0.104. The van der Waals surface area contributed by atoms with Crippen LogP contribution in [-0.2, 0) is 0 Å². The summed E-state index contributed by atoms with van der Waals surface area (Å²) in [5, 5.41) is 7.51. The Balaban J connectivity index is 1.53.